The van der Waals surface area contributed by atoms with Crippen LogP contribution in [0.25, 0.3) is 0 Å². The molecule has 1 aromatic heterocycles. The van der Waals surface area contributed by atoms with E-state index in [1.165, 1.54) is 50.4 Å². The maximum absolute atomic E-state index is 14.6. The minimum absolute atomic E-state index is 0.0121. The molecule has 0 aliphatic carbocycles. The van der Waals surface area contributed by atoms with E-state index in [1.54, 1.807) is 18.0 Å². The molecule has 0 spiro atoms. The Morgan fingerprint density at radius 3 is 1.94 bits per heavy atom. The minimum Gasteiger partial charge on any atom is -0.481 e. The summed E-state index contributed by atoms with van der Waals surface area (Å²) in [5, 5.41) is 30.5. The van der Waals surface area contributed by atoms with Crippen LogP contribution in [0.15, 0.2) is 23.6 Å². The van der Waals surface area contributed by atoms with Crippen molar-refractivity contribution in [1.29, 1.82) is 0 Å². The van der Waals surface area contributed by atoms with Crippen LogP contribution in [0.4, 0.5) is 10.5 Å². The lowest BCUT2D eigenvalue weighted by molar-refractivity contribution is -0.141. The van der Waals surface area contributed by atoms with Crippen LogP contribution in [0.2, 0.25) is 0 Å². The summed E-state index contributed by atoms with van der Waals surface area (Å²) < 4.78 is 44.6. The van der Waals surface area contributed by atoms with Gasteiger partial charge in [-0.3, -0.25) is 52.8 Å². The number of nitrogens with one attached hydrogen (secondary N) is 7. The summed E-state index contributed by atoms with van der Waals surface area (Å²) in [6, 6.07) is 0.685. The third kappa shape index (κ3) is 30.9. The number of aliphatic carboxylic acids is 1. The number of hydrogen-bond acceptors (Lipinski definition) is 22. The molecule has 2 aliphatic heterocycles. The predicted molar refractivity (Wildman–Crippen MR) is 358 cm³/mol. The lowest BCUT2D eigenvalue weighted by atomic mass is 9.92. The summed E-state index contributed by atoms with van der Waals surface area (Å²) >= 11 is 1.05. The maximum Gasteiger partial charge on any atom is 0.409 e. The summed E-state index contributed by atoms with van der Waals surface area (Å²) in [6.45, 7) is 12.8. The number of esters is 1. The first kappa shape index (κ1) is 82.5. The topological polar surface area (TPSA) is 389 Å². The molecule has 0 radical (unpaired) electrons. The van der Waals surface area contributed by atoms with E-state index in [-0.39, 0.29) is 176 Å². The van der Waals surface area contributed by atoms with Crippen molar-refractivity contribution >= 4 is 82.3 Å². The molecule has 2 aliphatic rings. The van der Waals surface area contributed by atoms with Crippen molar-refractivity contribution in [3.05, 3.63) is 39.8 Å². The minimum atomic E-state index is -1.15. The van der Waals surface area contributed by atoms with Crippen LogP contribution < -0.4 is 42.0 Å². The normalized spacial score (nSPS) is 20.3. The van der Waals surface area contributed by atoms with Gasteiger partial charge < -0.3 is 90.0 Å². The molecule has 3 heterocycles. The van der Waals surface area contributed by atoms with Gasteiger partial charge in [-0.1, -0.05) is 53.5 Å². The van der Waals surface area contributed by atoms with Crippen molar-refractivity contribution in [2.45, 2.75) is 136 Å². The zero-order valence-electron chi connectivity index (χ0n) is 58.1. The number of amides is 9. The average Bonchev–Trinajstić information content (AvgIpc) is 1.27. The summed E-state index contributed by atoms with van der Waals surface area (Å²) in [5.41, 5.74) is 0.322. The van der Waals surface area contributed by atoms with Gasteiger partial charge in [-0.25, -0.2) is 9.78 Å². The van der Waals surface area contributed by atoms with Gasteiger partial charge in [0.1, 0.15) is 22.8 Å². The zero-order valence-corrected chi connectivity index (χ0v) is 58.9. The van der Waals surface area contributed by atoms with Crippen molar-refractivity contribution in [2.24, 2.45) is 17.8 Å². The molecule has 546 valence electrons. The second-order valence-electron chi connectivity index (χ2n) is 24.3. The number of carbonyl (C=O) groups is 11. The number of ether oxygens (including phenoxy) is 8. The van der Waals surface area contributed by atoms with Gasteiger partial charge in [0, 0.05) is 76.4 Å². The van der Waals surface area contributed by atoms with Crippen molar-refractivity contribution in [3.63, 3.8) is 0 Å². The fourth-order valence-electron chi connectivity index (χ4n) is 10.1. The van der Waals surface area contributed by atoms with Gasteiger partial charge in [0.05, 0.1) is 110 Å². The maximum atomic E-state index is 14.6. The fourth-order valence-corrected chi connectivity index (χ4v) is 10.9. The lowest BCUT2D eigenvalue weighted by Crippen LogP contribution is -2.58. The largest absolute Gasteiger partial charge is 0.481 e. The summed E-state index contributed by atoms with van der Waals surface area (Å²) in [7, 11) is 6.59. The highest BCUT2D eigenvalue weighted by Crippen LogP contribution is 2.32. The Bertz CT molecular complexity index is 3000. The van der Waals surface area contributed by atoms with Gasteiger partial charge in [0.2, 0.25) is 29.5 Å². The van der Waals surface area contributed by atoms with Crippen LogP contribution in [0.3, 0.4) is 0 Å². The number of piperidine rings is 1. The summed E-state index contributed by atoms with van der Waals surface area (Å²) in [6.07, 6.45) is 1.01. The molecule has 1 saturated heterocycles. The van der Waals surface area contributed by atoms with Crippen LogP contribution in [0, 0.1) is 29.6 Å². The molecular formula is C66H101N11O20S. The van der Waals surface area contributed by atoms with E-state index in [1.807, 2.05) is 39.6 Å². The fraction of sp³-hybridized carbons (Fsp3) is 0.667. The van der Waals surface area contributed by atoms with E-state index in [9.17, 15) is 57.8 Å². The second-order valence-corrected chi connectivity index (χ2v) is 25.2. The van der Waals surface area contributed by atoms with E-state index in [4.69, 9.17) is 37.9 Å². The number of likely N-dealkylation sites (N-methyl/N-ethyl adjacent to an activating group) is 2. The Morgan fingerprint density at radius 2 is 1.37 bits per heavy atom. The molecule has 0 bridgehead atoms. The first-order valence-electron chi connectivity index (χ1n) is 33.2. The summed E-state index contributed by atoms with van der Waals surface area (Å²) in [5.74, 6) is -3.52. The number of carboxylic acids is 1. The van der Waals surface area contributed by atoms with Crippen LogP contribution in [-0.2, 0) is 82.7 Å². The first-order chi connectivity index (χ1) is 46.8. The highest BCUT2D eigenvalue weighted by Gasteiger charge is 2.38. The molecule has 2 aromatic rings. The Kier molecular flexibility index (Phi) is 37.8. The second kappa shape index (κ2) is 44.9. The number of benzene rings is 1. The van der Waals surface area contributed by atoms with Crippen LogP contribution in [0.1, 0.15) is 120 Å². The molecule has 4 rings (SSSR count). The van der Waals surface area contributed by atoms with Crippen molar-refractivity contribution in [1.82, 2.24) is 51.6 Å². The highest BCUT2D eigenvalue weighted by atomic mass is 32.1. The number of likely N-dealkylation sites (tertiary alicyclic amines) is 1. The van der Waals surface area contributed by atoms with Gasteiger partial charge in [-0.2, -0.15) is 0 Å². The van der Waals surface area contributed by atoms with Crippen LogP contribution >= 0.6 is 11.3 Å². The molecule has 31 nitrogen and oxygen atoms in total. The van der Waals surface area contributed by atoms with Crippen LogP contribution in [0.5, 0.6) is 5.75 Å². The molecule has 9 amide bonds. The van der Waals surface area contributed by atoms with Gasteiger partial charge >= 0.3 is 18.0 Å². The summed E-state index contributed by atoms with van der Waals surface area (Å²) in [4.78, 5) is 155. The Balaban J connectivity index is 1.53. The highest BCUT2D eigenvalue weighted by molar-refractivity contribution is 7.09. The van der Waals surface area contributed by atoms with Crippen LogP contribution in [-0.4, -0.2) is 254 Å². The van der Waals surface area contributed by atoms with Crippen molar-refractivity contribution in [3.8, 4) is 17.6 Å². The third-order valence-electron chi connectivity index (χ3n) is 15.9. The van der Waals surface area contributed by atoms with E-state index < -0.39 is 96.2 Å². The SMILES string of the molecule is CC[C@H](C)[C@H](NC(=O)[C@H]1CCCCN1C)C(=O)N(C)[C@H](C[C@@H](OC(=O)N(C)C)c1nc(C(=O)N[C@@H](Cc2ccc3c(c2)NC(=O)CNC(=O)C(C)NC(=O)CCOCCOCCOCCNC(=O)C#CC(=O)NCCOCCOCCOCCC(=O)O3)CC(C)C(=O)O)cs1)C(C)C. The van der Waals surface area contributed by atoms with E-state index >= 15 is 0 Å². The molecular weight excluding hydrogens is 1300 g/mol. The first-order valence-corrected chi connectivity index (χ1v) is 34.0. The number of carboxylic acid groups (broad SMARTS) is 1. The number of aromatic nitrogens is 1. The number of rotatable bonds is 18. The van der Waals surface area contributed by atoms with Crippen molar-refractivity contribution in [2.75, 3.05) is 139 Å². The average molecular weight is 1400 g/mol. The zero-order chi connectivity index (χ0) is 72.1. The standard InChI is InChI=1S/C66H101N11O20S/c1-11-43(4)59(74-62(85)50-14-12-13-23-76(50)9)64(86)77(10)51(42(2)3)39-53(97-66(89)75(7)8)63-73-49(41-98-63)61(84)71-47(36-44(5)65(87)88)37-46-15-16-52-48(38-46)72-57(81)40-69-60(83)45(6)70-56(80)19-24-90-28-32-94-34-30-92-26-21-67-54(78)17-18-55(79)68-22-27-93-31-35-95-33-29-91-25-20-58(82)96-52/h15-16,38,41-45,47,50-51,53,59H,11-14,19-37,39-40H2,1-10H3,(H,67,78)(H,68,79)(H,69,83)(H,70,80)(H,71,84)(H,72,81)(H,74,85)(H,87,88)/t43-,44?,45?,47+,50+,51+,53+,59-/m0/s1. The predicted octanol–water partition coefficient (Wildman–Crippen LogP) is 1.82. The molecule has 32 heteroatoms. The number of nitrogens with zero attached hydrogens (tertiary/aromatic N) is 4. The Hall–Kier alpha value is -7.90. The van der Waals surface area contributed by atoms with E-state index in [2.05, 4.69) is 54.0 Å². The van der Waals surface area contributed by atoms with Crippen molar-refractivity contribution < 1.29 is 95.7 Å². The smallest absolute Gasteiger partial charge is 0.409 e. The molecule has 2 unspecified atom stereocenters. The molecule has 1 fully saturated rings. The Morgan fingerprint density at radius 1 is 0.776 bits per heavy atom. The quantitative estimate of drug-likeness (QED) is 0.0599. The van der Waals surface area contributed by atoms with E-state index in [0.717, 1.165) is 30.7 Å². The lowest BCUT2D eigenvalue weighted by Gasteiger charge is -2.38. The van der Waals surface area contributed by atoms with Gasteiger partial charge in [-0.15, -0.1) is 11.3 Å². The third-order valence-corrected chi connectivity index (χ3v) is 16.9. The number of thiazole rings is 1. The number of hydrogen-bond donors (Lipinski definition) is 8. The molecule has 0 saturated carbocycles. The molecule has 8 atom stereocenters. The van der Waals surface area contributed by atoms with Gasteiger partial charge in [0.25, 0.3) is 17.7 Å². The van der Waals surface area contributed by atoms with Gasteiger partial charge in [-0.05, 0) is 75.7 Å². The molecule has 8 N–H and O–H groups in total. The Labute approximate surface area is 577 Å². The molecule has 1 aromatic carbocycles. The number of anilines is 1. The van der Waals surface area contributed by atoms with Gasteiger partial charge in [0.15, 0.2) is 11.9 Å². The number of carbonyl (C=O) groups excluding carboxylic acids is 10. The number of fused-ring (bicyclic) bond motifs is 1. The molecule has 98 heavy (non-hydrogen) atoms. The van der Waals surface area contributed by atoms with E-state index in [0.29, 0.717) is 18.4 Å². The monoisotopic (exact) mass is 1400 g/mol.